The highest BCUT2D eigenvalue weighted by Crippen LogP contribution is 2.32. The van der Waals surface area contributed by atoms with Crippen molar-refractivity contribution in [2.75, 3.05) is 17.9 Å². The normalized spacial score (nSPS) is 12.0. The van der Waals surface area contributed by atoms with Gasteiger partial charge in [0, 0.05) is 18.3 Å². The molecule has 32 heavy (non-hydrogen) atoms. The molecule has 2 N–H and O–H groups in total. The second-order valence-corrected chi connectivity index (χ2v) is 8.31. The lowest BCUT2D eigenvalue weighted by atomic mass is 10.1. The van der Waals surface area contributed by atoms with Gasteiger partial charge in [0.05, 0.1) is 12.3 Å². The Bertz CT molecular complexity index is 1180. The van der Waals surface area contributed by atoms with Crippen molar-refractivity contribution in [3.63, 3.8) is 0 Å². The minimum absolute atomic E-state index is 0.123. The maximum atomic E-state index is 12.5. The van der Waals surface area contributed by atoms with Gasteiger partial charge in [0.25, 0.3) is 5.91 Å². The zero-order valence-electron chi connectivity index (χ0n) is 18.0. The lowest BCUT2D eigenvalue weighted by Gasteiger charge is -2.09. The zero-order valence-corrected chi connectivity index (χ0v) is 18.8. The average Bonchev–Trinajstić information content (AvgIpc) is 3.38. The molecule has 0 bridgehead atoms. The van der Waals surface area contributed by atoms with Crippen LogP contribution in [0.15, 0.2) is 41.6 Å². The van der Waals surface area contributed by atoms with Crippen molar-refractivity contribution < 1.29 is 19.1 Å². The minimum Gasteiger partial charge on any atom is -0.454 e. The third-order valence-corrected chi connectivity index (χ3v) is 5.98. The summed E-state index contributed by atoms with van der Waals surface area (Å²) < 4.78 is 12.3. The Morgan fingerprint density at radius 1 is 1.09 bits per heavy atom. The predicted octanol–water partition coefficient (Wildman–Crippen LogP) is 2.82. The second-order valence-electron chi connectivity index (χ2n) is 7.36. The number of carbonyl (C=O) groups excluding carboxylic acids is 2. The molecule has 0 radical (unpaired) electrons. The lowest BCUT2D eigenvalue weighted by molar-refractivity contribution is -0.113. The molecule has 2 heterocycles. The van der Waals surface area contributed by atoms with Gasteiger partial charge in [0.2, 0.25) is 12.7 Å². The molecule has 166 valence electrons. The van der Waals surface area contributed by atoms with Crippen molar-refractivity contribution >= 4 is 29.3 Å². The Balaban J connectivity index is 1.30. The molecule has 3 aromatic rings. The van der Waals surface area contributed by atoms with Gasteiger partial charge >= 0.3 is 0 Å². The smallest absolute Gasteiger partial charge is 0.251 e. The van der Waals surface area contributed by atoms with Crippen molar-refractivity contribution in [3.8, 4) is 11.5 Å². The van der Waals surface area contributed by atoms with E-state index < -0.39 is 0 Å². The number of fused-ring (bicyclic) bond motifs is 1. The van der Waals surface area contributed by atoms with E-state index in [-0.39, 0.29) is 30.9 Å². The fourth-order valence-corrected chi connectivity index (χ4v) is 3.92. The first-order valence-corrected chi connectivity index (χ1v) is 11.0. The molecule has 1 aliphatic rings. The fraction of sp³-hybridized carbons (Fsp3) is 0.273. The van der Waals surface area contributed by atoms with Crippen LogP contribution in [0.5, 0.6) is 11.5 Å². The molecule has 0 spiro atoms. The van der Waals surface area contributed by atoms with E-state index in [0.717, 1.165) is 16.8 Å². The molecule has 0 saturated heterocycles. The highest BCUT2D eigenvalue weighted by atomic mass is 32.2. The summed E-state index contributed by atoms with van der Waals surface area (Å²) in [6.45, 7) is 4.33. The number of amides is 2. The molecule has 2 aromatic carbocycles. The van der Waals surface area contributed by atoms with E-state index in [9.17, 15) is 9.59 Å². The van der Waals surface area contributed by atoms with Crippen LogP contribution < -0.4 is 20.1 Å². The highest BCUT2D eigenvalue weighted by molar-refractivity contribution is 7.99. The molecular formula is C22H23N5O4S. The van der Waals surface area contributed by atoms with Gasteiger partial charge in [-0.1, -0.05) is 29.5 Å². The van der Waals surface area contributed by atoms with Crippen LogP contribution in [0.3, 0.4) is 0 Å². The Kier molecular flexibility index (Phi) is 6.31. The van der Waals surface area contributed by atoms with Gasteiger partial charge in [0.15, 0.2) is 22.5 Å². The Hall–Kier alpha value is -3.53. The number of nitrogens with one attached hydrogen (secondary N) is 2. The number of ether oxygens (including phenoxy) is 2. The molecule has 0 saturated carbocycles. The first kappa shape index (κ1) is 21.7. The number of anilines is 1. The molecule has 0 atom stereocenters. The van der Waals surface area contributed by atoms with E-state index in [2.05, 4.69) is 20.8 Å². The Morgan fingerprint density at radius 2 is 1.91 bits per heavy atom. The Labute approximate surface area is 189 Å². The summed E-state index contributed by atoms with van der Waals surface area (Å²) in [5, 5.41) is 14.6. The first-order chi connectivity index (χ1) is 15.4. The van der Waals surface area contributed by atoms with Crippen LogP contribution >= 0.6 is 11.8 Å². The fourth-order valence-electron chi connectivity index (χ4n) is 3.19. The summed E-state index contributed by atoms with van der Waals surface area (Å²) in [5.41, 5.74) is 3.43. The second kappa shape index (κ2) is 9.31. The van der Waals surface area contributed by atoms with E-state index in [0.29, 0.717) is 28.0 Å². The predicted molar refractivity (Wildman–Crippen MR) is 120 cm³/mol. The maximum Gasteiger partial charge on any atom is 0.251 e. The van der Waals surface area contributed by atoms with Crippen LogP contribution in [0.4, 0.5) is 5.69 Å². The van der Waals surface area contributed by atoms with Crippen LogP contribution in [0.1, 0.15) is 27.3 Å². The standard InChI is InChI=1S/C22H23N5O4S/c1-13-4-6-16(14(2)8-13)24-20(28)11-32-22-26-25-19(27(22)3)10-23-21(29)15-5-7-17-18(9-15)31-12-30-17/h4-9H,10-12H2,1-3H3,(H,23,29)(H,24,28). The summed E-state index contributed by atoms with van der Waals surface area (Å²) in [6.07, 6.45) is 0. The lowest BCUT2D eigenvalue weighted by Crippen LogP contribution is -2.24. The SMILES string of the molecule is Cc1ccc(NC(=O)CSc2nnc(CNC(=O)c3ccc4c(c3)OCO4)n2C)c(C)c1. The van der Waals surface area contributed by atoms with Crippen molar-refractivity contribution in [2.45, 2.75) is 25.5 Å². The van der Waals surface area contributed by atoms with Crippen LogP contribution in [0.2, 0.25) is 0 Å². The van der Waals surface area contributed by atoms with Gasteiger partial charge in [0.1, 0.15) is 0 Å². The van der Waals surface area contributed by atoms with Crippen molar-refractivity contribution in [1.29, 1.82) is 0 Å². The number of thioether (sulfide) groups is 1. The summed E-state index contributed by atoms with van der Waals surface area (Å²) >= 11 is 1.28. The molecule has 9 nitrogen and oxygen atoms in total. The van der Waals surface area contributed by atoms with Crippen LogP contribution in [0, 0.1) is 13.8 Å². The van der Waals surface area contributed by atoms with E-state index in [1.165, 1.54) is 11.8 Å². The van der Waals surface area contributed by atoms with Gasteiger partial charge in [-0.3, -0.25) is 9.59 Å². The average molecular weight is 454 g/mol. The van der Waals surface area contributed by atoms with Gasteiger partial charge in [-0.2, -0.15) is 0 Å². The summed E-state index contributed by atoms with van der Waals surface area (Å²) in [4.78, 5) is 24.8. The highest BCUT2D eigenvalue weighted by Gasteiger charge is 2.17. The number of hydrogen-bond donors (Lipinski definition) is 2. The van der Waals surface area contributed by atoms with E-state index >= 15 is 0 Å². The minimum atomic E-state index is -0.256. The molecule has 0 aliphatic carbocycles. The number of carbonyl (C=O) groups is 2. The van der Waals surface area contributed by atoms with Crippen molar-refractivity contribution in [3.05, 3.63) is 58.9 Å². The summed E-state index contributed by atoms with van der Waals surface area (Å²) in [7, 11) is 1.80. The first-order valence-electron chi connectivity index (χ1n) is 9.97. The van der Waals surface area contributed by atoms with Crippen LogP contribution in [-0.2, 0) is 18.4 Å². The molecule has 0 unspecified atom stereocenters. The van der Waals surface area contributed by atoms with Crippen LogP contribution in [0.25, 0.3) is 0 Å². The van der Waals surface area contributed by atoms with E-state index in [1.54, 1.807) is 29.8 Å². The van der Waals surface area contributed by atoms with Gasteiger partial charge in [-0.25, -0.2) is 0 Å². The maximum absolute atomic E-state index is 12.5. The topological polar surface area (TPSA) is 107 Å². The van der Waals surface area contributed by atoms with Gasteiger partial charge < -0.3 is 24.7 Å². The summed E-state index contributed by atoms with van der Waals surface area (Å²) in [5.74, 6) is 1.57. The molecule has 10 heteroatoms. The molecule has 2 amide bonds. The quantitative estimate of drug-likeness (QED) is 0.530. The number of nitrogens with zero attached hydrogens (tertiary/aromatic N) is 3. The monoisotopic (exact) mass is 453 g/mol. The van der Waals surface area contributed by atoms with E-state index in [1.807, 2.05) is 32.0 Å². The number of rotatable bonds is 7. The zero-order chi connectivity index (χ0) is 22.7. The number of aromatic nitrogens is 3. The number of benzene rings is 2. The molecular weight excluding hydrogens is 430 g/mol. The molecule has 1 aromatic heterocycles. The molecule has 0 fully saturated rings. The van der Waals surface area contributed by atoms with Crippen LogP contribution in [-0.4, -0.2) is 39.1 Å². The third kappa shape index (κ3) is 4.86. The molecule has 4 rings (SSSR count). The van der Waals surface area contributed by atoms with E-state index in [4.69, 9.17) is 9.47 Å². The number of hydrogen-bond acceptors (Lipinski definition) is 7. The van der Waals surface area contributed by atoms with Gasteiger partial charge in [-0.05, 0) is 43.7 Å². The summed E-state index contributed by atoms with van der Waals surface area (Å²) in [6, 6.07) is 10.9. The molecule has 1 aliphatic heterocycles. The Morgan fingerprint density at radius 3 is 2.72 bits per heavy atom. The van der Waals surface area contributed by atoms with Crippen molar-refractivity contribution in [2.24, 2.45) is 7.05 Å². The van der Waals surface area contributed by atoms with Gasteiger partial charge in [-0.15, -0.1) is 10.2 Å². The largest absolute Gasteiger partial charge is 0.454 e. The third-order valence-electron chi connectivity index (χ3n) is 4.96. The number of aryl methyl sites for hydroxylation is 2. The van der Waals surface area contributed by atoms with Crippen molar-refractivity contribution in [1.82, 2.24) is 20.1 Å².